The molecule has 1 unspecified atom stereocenters. The molecule has 2 N–H and O–H groups in total. The van der Waals surface area contributed by atoms with E-state index in [9.17, 15) is 0 Å². The van der Waals surface area contributed by atoms with Crippen LogP contribution < -0.4 is 5.73 Å². The van der Waals surface area contributed by atoms with Gasteiger partial charge in [0, 0.05) is 23.1 Å². The van der Waals surface area contributed by atoms with Crippen molar-refractivity contribution in [1.29, 1.82) is 0 Å². The Balaban J connectivity index is 2.56. The number of nitrogen functional groups attached to an aromatic ring is 1. The van der Waals surface area contributed by atoms with E-state index in [1.165, 1.54) is 16.3 Å². The summed E-state index contributed by atoms with van der Waals surface area (Å²) >= 11 is 1.93. The minimum Gasteiger partial charge on any atom is -0.397 e. The van der Waals surface area contributed by atoms with Crippen molar-refractivity contribution in [1.82, 2.24) is 4.57 Å². The van der Waals surface area contributed by atoms with Crippen LogP contribution in [0.3, 0.4) is 0 Å². The van der Waals surface area contributed by atoms with Crippen molar-refractivity contribution in [2.45, 2.75) is 44.2 Å². The van der Waals surface area contributed by atoms with Gasteiger partial charge in [0.2, 0.25) is 0 Å². The molecule has 0 spiro atoms. The molecule has 14 heavy (non-hydrogen) atoms. The van der Waals surface area contributed by atoms with Crippen LogP contribution in [-0.2, 0) is 5.54 Å². The van der Waals surface area contributed by atoms with Crippen LogP contribution in [0.4, 0.5) is 5.69 Å². The minimum atomic E-state index is 0.138. The third-order valence-corrected chi connectivity index (χ3v) is 4.07. The van der Waals surface area contributed by atoms with E-state index < -0.39 is 0 Å². The van der Waals surface area contributed by atoms with Gasteiger partial charge in [-0.05, 0) is 26.7 Å². The molecule has 2 heterocycles. The summed E-state index contributed by atoms with van der Waals surface area (Å²) in [5.74, 6) is 1.78. The predicted octanol–water partition coefficient (Wildman–Crippen LogP) is 3.03. The smallest absolute Gasteiger partial charge is 0.0810 e. The van der Waals surface area contributed by atoms with Crippen molar-refractivity contribution in [3.63, 3.8) is 0 Å². The van der Waals surface area contributed by atoms with E-state index in [-0.39, 0.29) is 5.54 Å². The number of nitrogens with two attached hydrogens (primary N) is 1. The third-order valence-electron chi connectivity index (χ3n) is 2.71. The first-order valence-corrected chi connectivity index (χ1v) is 6.04. The molecular formula is C11H18N2S. The molecule has 0 amide bonds. The summed E-state index contributed by atoms with van der Waals surface area (Å²) in [6.45, 7) is 8.91. The lowest BCUT2D eigenvalue weighted by atomic mass is 10.1. The van der Waals surface area contributed by atoms with Crippen molar-refractivity contribution in [2.75, 3.05) is 11.5 Å². The van der Waals surface area contributed by atoms with Crippen LogP contribution in [0.1, 0.15) is 39.2 Å². The Labute approximate surface area is 89.9 Å². The van der Waals surface area contributed by atoms with Gasteiger partial charge in [0.1, 0.15) is 0 Å². The Hall–Kier alpha value is -0.570. The molecule has 2 rings (SSSR count). The number of hydrogen-bond donors (Lipinski definition) is 1. The van der Waals surface area contributed by atoms with E-state index in [0.29, 0.717) is 5.92 Å². The summed E-state index contributed by atoms with van der Waals surface area (Å²) in [5, 5.41) is 1.38. The SMILES string of the molecule is CC1CSc2c1c(N)cn2C(C)(C)C. The first-order valence-electron chi connectivity index (χ1n) is 5.05. The van der Waals surface area contributed by atoms with Crippen LogP contribution in [0, 0.1) is 0 Å². The Morgan fingerprint density at radius 3 is 2.71 bits per heavy atom. The average molecular weight is 210 g/mol. The maximum absolute atomic E-state index is 6.05. The molecule has 1 aromatic heterocycles. The molecule has 78 valence electrons. The van der Waals surface area contributed by atoms with Crippen LogP contribution in [0.5, 0.6) is 0 Å². The Morgan fingerprint density at radius 1 is 1.50 bits per heavy atom. The lowest BCUT2D eigenvalue weighted by Crippen LogP contribution is -2.21. The highest BCUT2D eigenvalue weighted by Crippen LogP contribution is 2.45. The van der Waals surface area contributed by atoms with E-state index in [1.807, 2.05) is 11.8 Å². The van der Waals surface area contributed by atoms with Gasteiger partial charge >= 0.3 is 0 Å². The zero-order valence-corrected chi connectivity index (χ0v) is 10.1. The van der Waals surface area contributed by atoms with Gasteiger partial charge in [0.05, 0.1) is 10.7 Å². The number of rotatable bonds is 0. The van der Waals surface area contributed by atoms with Crippen molar-refractivity contribution >= 4 is 17.4 Å². The molecule has 1 aliphatic heterocycles. The van der Waals surface area contributed by atoms with Gasteiger partial charge in [-0.3, -0.25) is 0 Å². The monoisotopic (exact) mass is 210 g/mol. The number of thioether (sulfide) groups is 1. The zero-order chi connectivity index (χ0) is 10.5. The van der Waals surface area contributed by atoms with Gasteiger partial charge < -0.3 is 10.3 Å². The summed E-state index contributed by atoms with van der Waals surface area (Å²) in [7, 11) is 0. The molecule has 0 aromatic carbocycles. The molecule has 0 saturated carbocycles. The average Bonchev–Trinajstić information content (AvgIpc) is 2.54. The highest BCUT2D eigenvalue weighted by atomic mass is 32.2. The fourth-order valence-electron chi connectivity index (χ4n) is 1.95. The number of anilines is 1. The van der Waals surface area contributed by atoms with E-state index in [0.717, 1.165) is 5.69 Å². The van der Waals surface area contributed by atoms with E-state index in [2.05, 4.69) is 38.5 Å². The Morgan fingerprint density at radius 2 is 2.14 bits per heavy atom. The molecule has 1 aliphatic rings. The maximum Gasteiger partial charge on any atom is 0.0810 e. The number of hydrogen-bond acceptors (Lipinski definition) is 2. The topological polar surface area (TPSA) is 30.9 Å². The molecule has 0 bridgehead atoms. The summed E-state index contributed by atoms with van der Waals surface area (Å²) < 4.78 is 2.31. The standard InChI is InChI=1S/C11H18N2S/c1-7-6-14-10-9(7)8(12)5-13(10)11(2,3)4/h5,7H,6,12H2,1-4H3. The first kappa shape index (κ1) is 9.97. The van der Waals surface area contributed by atoms with Crippen molar-refractivity contribution < 1.29 is 0 Å². The fourth-order valence-corrected chi connectivity index (χ4v) is 3.46. The molecule has 1 aromatic rings. The summed E-state index contributed by atoms with van der Waals surface area (Å²) in [6, 6.07) is 0. The quantitative estimate of drug-likeness (QED) is 0.713. The highest BCUT2D eigenvalue weighted by molar-refractivity contribution is 7.99. The molecule has 0 aliphatic carbocycles. The zero-order valence-electron chi connectivity index (χ0n) is 9.29. The lowest BCUT2D eigenvalue weighted by molar-refractivity contribution is 0.372. The molecule has 0 radical (unpaired) electrons. The second-order valence-corrected chi connectivity index (χ2v) is 6.06. The molecule has 3 heteroatoms. The maximum atomic E-state index is 6.05. The second-order valence-electron chi connectivity index (χ2n) is 5.06. The van der Waals surface area contributed by atoms with Crippen molar-refractivity contribution in [3.05, 3.63) is 11.8 Å². The Kier molecular flexibility index (Phi) is 2.11. The van der Waals surface area contributed by atoms with E-state index in [4.69, 9.17) is 5.73 Å². The van der Waals surface area contributed by atoms with Gasteiger partial charge in [-0.25, -0.2) is 0 Å². The summed E-state index contributed by atoms with van der Waals surface area (Å²) in [6.07, 6.45) is 2.09. The van der Waals surface area contributed by atoms with Crippen LogP contribution >= 0.6 is 11.8 Å². The number of aromatic nitrogens is 1. The molecule has 2 nitrogen and oxygen atoms in total. The second kappa shape index (κ2) is 2.96. The molecule has 0 fully saturated rings. The van der Waals surface area contributed by atoms with Crippen LogP contribution in [0.15, 0.2) is 11.2 Å². The predicted molar refractivity (Wildman–Crippen MR) is 63.0 cm³/mol. The van der Waals surface area contributed by atoms with E-state index in [1.54, 1.807) is 0 Å². The molecule has 1 atom stereocenters. The van der Waals surface area contributed by atoms with E-state index >= 15 is 0 Å². The lowest BCUT2D eigenvalue weighted by Gasteiger charge is -2.23. The van der Waals surface area contributed by atoms with Crippen LogP contribution in [0.2, 0.25) is 0 Å². The van der Waals surface area contributed by atoms with Crippen LogP contribution in [0.25, 0.3) is 0 Å². The van der Waals surface area contributed by atoms with Gasteiger partial charge in [-0.2, -0.15) is 0 Å². The summed E-state index contributed by atoms with van der Waals surface area (Å²) in [5.41, 5.74) is 8.51. The number of fused-ring (bicyclic) bond motifs is 1. The van der Waals surface area contributed by atoms with Gasteiger partial charge in [-0.1, -0.05) is 6.92 Å². The third kappa shape index (κ3) is 1.34. The van der Waals surface area contributed by atoms with Crippen molar-refractivity contribution in [3.8, 4) is 0 Å². The van der Waals surface area contributed by atoms with Crippen molar-refractivity contribution in [2.24, 2.45) is 0 Å². The fraction of sp³-hybridized carbons (Fsp3) is 0.636. The van der Waals surface area contributed by atoms with Gasteiger partial charge in [0.15, 0.2) is 0 Å². The van der Waals surface area contributed by atoms with Crippen LogP contribution in [-0.4, -0.2) is 10.3 Å². The minimum absolute atomic E-state index is 0.138. The van der Waals surface area contributed by atoms with Gasteiger partial charge in [0.25, 0.3) is 0 Å². The molecule has 0 saturated heterocycles. The van der Waals surface area contributed by atoms with Gasteiger partial charge in [-0.15, -0.1) is 11.8 Å². The molecular weight excluding hydrogens is 192 g/mol. The normalized spacial score (nSPS) is 21.3. The Bertz CT molecular complexity index is 360. The summed E-state index contributed by atoms with van der Waals surface area (Å²) in [4.78, 5) is 0. The highest BCUT2D eigenvalue weighted by Gasteiger charge is 2.29. The first-order chi connectivity index (χ1) is 6.41. The largest absolute Gasteiger partial charge is 0.397 e. The number of nitrogens with zero attached hydrogens (tertiary/aromatic N) is 1.